The molecule has 7 heteroatoms. The van der Waals surface area contributed by atoms with Gasteiger partial charge in [0.2, 0.25) is 5.91 Å². The molecule has 1 aliphatic rings. The summed E-state index contributed by atoms with van der Waals surface area (Å²) in [6, 6.07) is 3.44. The van der Waals surface area contributed by atoms with Gasteiger partial charge in [0.25, 0.3) is 0 Å². The van der Waals surface area contributed by atoms with Crippen LogP contribution in [0.5, 0.6) is 0 Å². The lowest BCUT2D eigenvalue weighted by Crippen LogP contribution is -2.31. The fourth-order valence-electron chi connectivity index (χ4n) is 2.50. The Bertz CT molecular complexity index is 663. The van der Waals surface area contributed by atoms with E-state index in [0.29, 0.717) is 13.0 Å². The highest BCUT2D eigenvalue weighted by atomic mass is 32.2. The van der Waals surface area contributed by atoms with Crippen LogP contribution in [0.2, 0.25) is 0 Å². The Morgan fingerprint density at radius 1 is 1.39 bits per heavy atom. The van der Waals surface area contributed by atoms with E-state index in [0.717, 1.165) is 18.7 Å². The molecule has 1 fully saturated rings. The molecular weight excluding hydrogens is 314 g/mol. The zero-order valence-corrected chi connectivity index (χ0v) is 15.0. The summed E-state index contributed by atoms with van der Waals surface area (Å²) in [6.07, 6.45) is 2.95. The lowest BCUT2D eigenvalue weighted by Gasteiger charge is -2.19. The number of hydrogen-bond donors (Lipinski definition) is 1. The predicted octanol–water partition coefficient (Wildman–Crippen LogP) is 2.08. The molecule has 1 aliphatic heterocycles. The molecule has 23 heavy (non-hydrogen) atoms. The summed E-state index contributed by atoms with van der Waals surface area (Å²) in [6.45, 7) is 8.28. The molecule has 128 valence electrons. The molecule has 1 saturated heterocycles. The van der Waals surface area contributed by atoms with E-state index in [1.807, 2.05) is 11.8 Å². The van der Waals surface area contributed by atoms with Gasteiger partial charge in [0.1, 0.15) is 0 Å². The van der Waals surface area contributed by atoms with Gasteiger partial charge in [0, 0.05) is 25.6 Å². The van der Waals surface area contributed by atoms with Gasteiger partial charge in [0.15, 0.2) is 14.9 Å². The van der Waals surface area contributed by atoms with Crippen molar-refractivity contribution in [2.75, 3.05) is 18.4 Å². The van der Waals surface area contributed by atoms with Gasteiger partial charge in [-0.2, -0.15) is 0 Å². The second-order valence-corrected chi connectivity index (χ2v) is 9.47. The average molecular weight is 339 g/mol. The third-order valence-corrected chi connectivity index (χ3v) is 6.44. The Morgan fingerprint density at radius 2 is 2.09 bits per heavy atom. The number of anilines is 1. The molecule has 1 atom stereocenters. The Labute approximate surface area is 138 Å². The van der Waals surface area contributed by atoms with Crippen LogP contribution >= 0.6 is 0 Å². The molecule has 1 aromatic rings. The number of nitrogens with zero attached hydrogens (tertiary/aromatic N) is 2. The number of pyridine rings is 1. The van der Waals surface area contributed by atoms with Crippen molar-refractivity contribution in [3.8, 4) is 0 Å². The second kappa shape index (κ2) is 6.47. The molecule has 1 aromatic heterocycles. The van der Waals surface area contributed by atoms with E-state index in [2.05, 4.69) is 10.3 Å². The zero-order valence-electron chi connectivity index (χ0n) is 14.2. The topological polar surface area (TPSA) is 79.4 Å². The summed E-state index contributed by atoms with van der Waals surface area (Å²) >= 11 is 0. The van der Waals surface area contributed by atoms with E-state index in [1.165, 1.54) is 6.07 Å². The van der Waals surface area contributed by atoms with E-state index in [-0.39, 0.29) is 17.0 Å². The molecule has 1 amide bonds. The van der Waals surface area contributed by atoms with Crippen molar-refractivity contribution in [1.29, 1.82) is 0 Å². The van der Waals surface area contributed by atoms with Crippen LogP contribution in [0, 0.1) is 0 Å². The molecule has 1 unspecified atom stereocenters. The smallest absolute Gasteiger partial charge is 0.222 e. The lowest BCUT2D eigenvalue weighted by atomic mass is 10.2. The third-order valence-electron chi connectivity index (χ3n) is 4.03. The van der Waals surface area contributed by atoms with Crippen molar-refractivity contribution >= 4 is 21.4 Å². The minimum Gasteiger partial charge on any atom is -0.379 e. The number of carbonyl (C=O) groups is 1. The van der Waals surface area contributed by atoms with Gasteiger partial charge in [0.05, 0.1) is 16.6 Å². The maximum absolute atomic E-state index is 12.3. The first-order chi connectivity index (χ1) is 10.6. The molecule has 6 nitrogen and oxygen atoms in total. The quantitative estimate of drug-likeness (QED) is 0.908. The fraction of sp³-hybridized carbons (Fsp3) is 0.625. The number of rotatable bonds is 4. The van der Waals surface area contributed by atoms with Gasteiger partial charge in [-0.3, -0.25) is 4.79 Å². The predicted molar refractivity (Wildman–Crippen MR) is 90.1 cm³/mol. The molecule has 0 radical (unpaired) electrons. The normalized spacial score (nSPS) is 19.0. The van der Waals surface area contributed by atoms with E-state index in [4.69, 9.17) is 0 Å². The van der Waals surface area contributed by atoms with Crippen LogP contribution in [0.25, 0.3) is 0 Å². The number of carbonyl (C=O) groups excluding carboxylic acids is 1. The minimum absolute atomic E-state index is 0.0877. The molecule has 0 aliphatic carbocycles. The number of sulfone groups is 1. The van der Waals surface area contributed by atoms with Crippen LogP contribution in [-0.4, -0.2) is 48.1 Å². The number of likely N-dealkylation sites (tertiary alicyclic amines) is 1. The van der Waals surface area contributed by atoms with Crippen molar-refractivity contribution in [2.24, 2.45) is 0 Å². The molecule has 2 rings (SSSR count). The Kier molecular flexibility index (Phi) is 4.98. The average Bonchev–Trinajstić information content (AvgIpc) is 2.94. The van der Waals surface area contributed by atoms with Crippen LogP contribution in [0.3, 0.4) is 0 Å². The Morgan fingerprint density at radius 3 is 2.61 bits per heavy atom. The first kappa shape index (κ1) is 17.7. The van der Waals surface area contributed by atoms with Crippen molar-refractivity contribution < 1.29 is 13.2 Å². The summed E-state index contributed by atoms with van der Waals surface area (Å²) in [4.78, 5) is 17.6. The molecule has 0 aromatic carbocycles. The van der Waals surface area contributed by atoms with Crippen molar-refractivity contribution in [3.05, 3.63) is 18.3 Å². The van der Waals surface area contributed by atoms with Crippen molar-refractivity contribution in [1.82, 2.24) is 9.88 Å². The van der Waals surface area contributed by atoms with E-state index >= 15 is 0 Å². The van der Waals surface area contributed by atoms with E-state index < -0.39 is 14.6 Å². The lowest BCUT2D eigenvalue weighted by molar-refractivity contribution is -0.129. The number of hydrogen-bond acceptors (Lipinski definition) is 5. The molecule has 0 saturated carbocycles. The maximum atomic E-state index is 12.3. The standard InChI is InChI=1S/C16H25N3O3S/c1-5-15(20)19-9-8-13(11-19)18-12-6-7-14(17-10-12)23(21,22)16(2,3)4/h6-7,10,13,18H,5,8-9,11H2,1-4H3. The third kappa shape index (κ3) is 3.83. The summed E-state index contributed by atoms with van der Waals surface area (Å²) in [5.41, 5.74) is 0.772. The summed E-state index contributed by atoms with van der Waals surface area (Å²) in [5, 5.41) is 3.40. The van der Waals surface area contributed by atoms with Gasteiger partial charge >= 0.3 is 0 Å². The number of nitrogens with one attached hydrogen (secondary N) is 1. The monoisotopic (exact) mass is 339 g/mol. The van der Waals surface area contributed by atoms with Gasteiger partial charge in [-0.25, -0.2) is 13.4 Å². The van der Waals surface area contributed by atoms with Gasteiger partial charge in [-0.1, -0.05) is 6.92 Å². The second-order valence-electron chi connectivity index (χ2n) is 6.82. The number of amides is 1. The highest BCUT2D eigenvalue weighted by Gasteiger charge is 2.32. The Balaban J connectivity index is 2.03. The van der Waals surface area contributed by atoms with Crippen molar-refractivity contribution in [3.63, 3.8) is 0 Å². The molecule has 1 N–H and O–H groups in total. The van der Waals surface area contributed by atoms with Crippen LogP contribution in [0.15, 0.2) is 23.4 Å². The first-order valence-electron chi connectivity index (χ1n) is 7.90. The van der Waals surface area contributed by atoms with Gasteiger partial charge in [-0.15, -0.1) is 0 Å². The summed E-state index contributed by atoms with van der Waals surface area (Å²) in [5.74, 6) is 0.166. The summed E-state index contributed by atoms with van der Waals surface area (Å²) < 4.78 is 23.8. The zero-order chi connectivity index (χ0) is 17.3. The molecule has 2 heterocycles. The molecule has 0 spiro atoms. The fourth-order valence-corrected chi connectivity index (χ4v) is 3.57. The maximum Gasteiger partial charge on any atom is 0.222 e. The van der Waals surface area contributed by atoms with Crippen LogP contribution < -0.4 is 5.32 Å². The van der Waals surface area contributed by atoms with Crippen molar-refractivity contribution in [2.45, 2.75) is 56.4 Å². The first-order valence-corrected chi connectivity index (χ1v) is 9.38. The van der Waals surface area contributed by atoms with E-state index in [1.54, 1.807) is 33.0 Å². The molecule has 0 bridgehead atoms. The summed E-state index contributed by atoms with van der Waals surface area (Å²) in [7, 11) is -3.44. The van der Waals surface area contributed by atoms with Crippen LogP contribution in [-0.2, 0) is 14.6 Å². The van der Waals surface area contributed by atoms with Crippen LogP contribution in [0.1, 0.15) is 40.5 Å². The minimum atomic E-state index is -3.44. The molecular formula is C16H25N3O3S. The van der Waals surface area contributed by atoms with Gasteiger partial charge < -0.3 is 10.2 Å². The highest BCUT2D eigenvalue weighted by Crippen LogP contribution is 2.24. The van der Waals surface area contributed by atoms with Gasteiger partial charge in [-0.05, 0) is 39.3 Å². The largest absolute Gasteiger partial charge is 0.379 e. The highest BCUT2D eigenvalue weighted by molar-refractivity contribution is 7.92. The Hall–Kier alpha value is -1.63. The van der Waals surface area contributed by atoms with Crippen LogP contribution in [0.4, 0.5) is 5.69 Å². The van der Waals surface area contributed by atoms with E-state index in [9.17, 15) is 13.2 Å². The number of aromatic nitrogens is 1. The SMILES string of the molecule is CCC(=O)N1CCC(Nc2ccc(S(=O)(=O)C(C)(C)C)nc2)C1.